The van der Waals surface area contributed by atoms with Gasteiger partial charge in [0.2, 0.25) is 12.3 Å². The summed E-state index contributed by atoms with van der Waals surface area (Å²) >= 11 is 0. The molecule has 4 rings (SSSR count). The highest BCUT2D eigenvalue weighted by molar-refractivity contribution is 6.04. The molecule has 0 bridgehead atoms. The second kappa shape index (κ2) is 6.96. The number of carbonyl (C=O) groups excluding carboxylic acids is 3. The number of fused-ring (bicyclic) bond motifs is 2. The summed E-state index contributed by atoms with van der Waals surface area (Å²) < 4.78 is 26.3. The Morgan fingerprint density at radius 2 is 1.96 bits per heavy atom. The number of nitrogens with zero attached hydrogens (tertiary/aromatic N) is 3. The molecule has 2 heterocycles. The molecule has 2 aliphatic rings. The van der Waals surface area contributed by atoms with E-state index in [-0.39, 0.29) is 42.3 Å². The fraction of sp³-hybridized carbons (Fsp3) is 0.474. The van der Waals surface area contributed by atoms with Crippen molar-refractivity contribution < 1.29 is 23.2 Å². The highest BCUT2D eigenvalue weighted by Crippen LogP contribution is 2.48. The fourth-order valence-corrected chi connectivity index (χ4v) is 4.16. The van der Waals surface area contributed by atoms with Crippen LogP contribution in [-0.4, -0.2) is 50.8 Å². The maximum atomic E-state index is 13.0. The molecule has 2 aromatic rings. The Morgan fingerprint density at radius 3 is 2.68 bits per heavy atom. The van der Waals surface area contributed by atoms with Gasteiger partial charge in [-0.05, 0) is 24.8 Å². The quantitative estimate of drug-likeness (QED) is 0.779. The predicted octanol–water partition coefficient (Wildman–Crippen LogP) is 1.74. The lowest BCUT2D eigenvalue weighted by Crippen LogP contribution is -2.44. The number of ketones is 1. The number of piperidine rings is 1. The third kappa shape index (κ3) is 3.25. The minimum Gasteiger partial charge on any atom is -0.364 e. The van der Waals surface area contributed by atoms with Crippen molar-refractivity contribution in [3.8, 4) is 0 Å². The van der Waals surface area contributed by atoms with E-state index in [4.69, 9.17) is 5.73 Å². The molecule has 1 aliphatic heterocycles. The number of para-hydroxylation sites is 1. The molecular formula is C19H20F2N4O3. The van der Waals surface area contributed by atoms with Gasteiger partial charge in [-0.15, -0.1) is 0 Å². The van der Waals surface area contributed by atoms with Crippen LogP contribution in [0, 0.1) is 5.92 Å². The molecule has 1 aromatic carbocycles. The van der Waals surface area contributed by atoms with Crippen molar-refractivity contribution in [2.24, 2.45) is 11.7 Å². The Balaban J connectivity index is 1.55. The Bertz CT molecular complexity index is 958. The average Bonchev–Trinajstić information content (AvgIpc) is 3.16. The Kier molecular flexibility index (Phi) is 4.60. The third-order valence-electron chi connectivity index (χ3n) is 5.55. The number of aromatic nitrogens is 2. The van der Waals surface area contributed by atoms with E-state index < -0.39 is 24.8 Å². The minimum atomic E-state index is -2.54. The van der Waals surface area contributed by atoms with E-state index in [1.807, 2.05) is 0 Å². The zero-order chi connectivity index (χ0) is 20.0. The lowest BCUT2D eigenvalue weighted by molar-refractivity contribution is -0.139. The first-order valence-electron chi connectivity index (χ1n) is 9.24. The second-order valence-corrected chi connectivity index (χ2v) is 7.40. The molecule has 3 atom stereocenters. The smallest absolute Gasteiger partial charge is 0.269 e. The van der Waals surface area contributed by atoms with Crippen LogP contribution in [0.2, 0.25) is 0 Å². The molecule has 1 saturated heterocycles. The minimum absolute atomic E-state index is 0.00885. The summed E-state index contributed by atoms with van der Waals surface area (Å²) in [5.74, 6) is -1.04. The van der Waals surface area contributed by atoms with Gasteiger partial charge in [-0.2, -0.15) is 5.10 Å². The topological polar surface area (TPSA) is 98.3 Å². The predicted molar refractivity (Wildman–Crippen MR) is 95.6 cm³/mol. The van der Waals surface area contributed by atoms with Crippen LogP contribution in [0.25, 0.3) is 10.9 Å². The van der Waals surface area contributed by atoms with Gasteiger partial charge in [0.25, 0.3) is 5.91 Å². The van der Waals surface area contributed by atoms with Crippen LogP contribution in [0.4, 0.5) is 8.78 Å². The van der Waals surface area contributed by atoms with Crippen LogP contribution in [0.5, 0.6) is 0 Å². The summed E-state index contributed by atoms with van der Waals surface area (Å²) in [5.41, 5.74) is 6.05. The van der Waals surface area contributed by atoms with Gasteiger partial charge in [0.15, 0.2) is 11.5 Å². The molecule has 2 amide bonds. The number of likely N-dealkylation sites (tertiary alicyclic amines) is 1. The molecule has 1 aliphatic carbocycles. The fourth-order valence-electron chi connectivity index (χ4n) is 4.16. The number of primary amides is 1. The number of halogens is 2. The number of amides is 2. The summed E-state index contributed by atoms with van der Waals surface area (Å²) in [4.78, 5) is 38.5. The molecule has 1 saturated carbocycles. The highest BCUT2D eigenvalue weighted by Gasteiger charge is 2.55. The van der Waals surface area contributed by atoms with Crippen molar-refractivity contribution >= 4 is 28.5 Å². The highest BCUT2D eigenvalue weighted by atomic mass is 19.3. The van der Waals surface area contributed by atoms with Crippen molar-refractivity contribution in [3.63, 3.8) is 0 Å². The first-order chi connectivity index (χ1) is 13.4. The normalized spacial score (nSPS) is 23.2. The molecule has 1 aromatic heterocycles. The molecular weight excluding hydrogens is 370 g/mol. The number of nitrogens with two attached hydrogens (primary N) is 1. The largest absolute Gasteiger partial charge is 0.364 e. The number of Topliss-reactive ketones (excluding diaryl/α,β-unsaturated/α-hetero) is 1. The zero-order valence-electron chi connectivity index (χ0n) is 15.1. The summed E-state index contributed by atoms with van der Waals surface area (Å²) in [5, 5.41) is 4.73. The van der Waals surface area contributed by atoms with Gasteiger partial charge in [-0.25, -0.2) is 8.78 Å². The Labute approximate surface area is 159 Å². The van der Waals surface area contributed by atoms with Gasteiger partial charge < -0.3 is 10.6 Å². The molecule has 9 heteroatoms. The summed E-state index contributed by atoms with van der Waals surface area (Å²) in [7, 11) is 0. The van der Waals surface area contributed by atoms with Gasteiger partial charge in [-0.1, -0.05) is 18.2 Å². The van der Waals surface area contributed by atoms with E-state index >= 15 is 0 Å². The Hall–Kier alpha value is -2.84. The molecule has 28 heavy (non-hydrogen) atoms. The van der Waals surface area contributed by atoms with Crippen molar-refractivity contribution in [2.45, 2.75) is 50.7 Å². The van der Waals surface area contributed by atoms with E-state index in [0.29, 0.717) is 17.3 Å². The van der Waals surface area contributed by atoms with Crippen LogP contribution >= 0.6 is 0 Å². The van der Waals surface area contributed by atoms with Crippen LogP contribution in [0.1, 0.15) is 36.2 Å². The van der Waals surface area contributed by atoms with Crippen molar-refractivity contribution in [1.29, 1.82) is 0 Å². The second-order valence-electron chi connectivity index (χ2n) is 7.40. The average molecular weight is 390 g/mol. The molecule has 7 nitrogen and oxygen atoms in total. The lowest BCUT2D eigenvalue weighted by Gasteiger charge is -2.27. The van der Waals surface area contributed by atoms with Crippen LogP contribution in [0.15, 0.2) is 24.3 Å². The standard InChI is InChI=1S/C19H20F2N4O3/c20-16(21)6-5-15(26)14-8-10-7-13(10)25(14)17(27)9-24-12-4-2-1-3-11(12)18(23-24)19(22)28/h1-4,10,13-14,16H,5-9H2,(H2,22,28)/t10-,13-,14+/m1/s1. The van der Waals surface area contributed by atoms with Gasteiger partial charge in [0.05, 0.1) is 11.6 Å². The molecule has 0 spiro atoms. The number of benzene rings is 1. The molecule has 148 valence electrons. The first-order valence-corrected chi connectivity index (χ1v) is 9.24. The number of carbonyl (C=O) groups is 3. The number of hydrogen-bond donors (Lipinski definition) is 1. The van der Waals surface area contributed by atoms with Crippen LogP contribution in [-0.2, 0) is 16.1 Å². The number of alkyl halides is 2. The van der Waals surface area contributed by atoms with Gasteiger partial charge >= 0.3 is 0 Å². The zero-order valence-corrected chi connectivity index (χ0v) is 15.1. The summed E-state index contributed by atoms with van der Waals surface area (Å²) in [6.07, 6.45) is -1.89. The Morgan fingerprint density at radius 1 is 1.21 bits per heavy atom. The monoisotopic (exact) mass is 390 g/mol. The van der Waals surface area contributed by atoms with Gasteiger partial charge in [-0.3, -0.25) is 19.1 Å². The number of hydrogen-bond acceptors (Lipinski definition) is 4. The van der Waals surface area contributed by atoms with E-state index in [9.17, 15) is 23.2 Å². The van der Waals surface area contributed by atoms with E-state index in [0.717, 1.165) is 6.42 Å². The molecule has 2 N–H and O–H groups in total. The molecule has 0 unspecified atom stereocenters. The van der Waals surface area contributed by atoms with Crippen molar-refractivity contribution in [3.05, 3.63) is 30.0 Å². The van der Waals surface area contributed by atoms with Crippen LogP contribution < -0.4 is 5.73 Å². The van der Waals surface area contributed by atoms with Crippen molar-refractivity contribution in [2.75, 3.05) is 0 Å². The van der Waals surface area contributed by atoms with E-state index in [1.165, 1.54) is 4.68 Å². The van der Waals surface area contributed by atoms with Gasteiger partial charge in [0.1, 0.15) is 6.54 Å². The van der Waals surface area contributed by atoms with Crippen molar-refractivity contribution in [1.82, 2.24) is 14.7 Å². The molecule has 2 fully saturated rings. The third-order valence-corrected chi connectivity index (χ3v) is 5.55. The summed E-state index contributed by atoms with van der Waals surface area (Å²) in [6, 6.07) is 6.29. The molecule has 0 radical (unpaired) electrons. The van der Waals surface area contributed by atoms with Crippen LogP contribution in [0.3, 0.4) is 0 Å². The SMILES string of the molecule is NC(=O)c1nn(CC(=O)N2[C@@H]3C[C@@H]3C[C@H]2C(=O)CCC(F)F)c2ccccc12. The first kappa shape index (κ1) is 18.5. The van der Waals surface area contributed by atoms with E-state index in [2.05, 4.69) is 5.10 Å². The maximum Gasteiger partial charge on any atom is 0.269 e. The lowest BCUT2D eigenvalue weighted by atomic mass is 10.0. The summed E-state index contributed by atoms with van der Waals surface area (Å²) in [6.45, 7) is -0.143. The maximum absolute atomic E-state index is 13.0. The van der Waals surface area contributed by atoms with E-state index in [1.54, 1.807) is 29.2 Å². The van der Waals surface area contributed by atoms with Gasteiger partial charge in [0, 0.05) is 24.3 Å². The number of rotatable bonds is 7.